The normalized spacial score (nSPS) is 10.1. The van der Waals surface area contributed by atoms with Crippen LogP contribution < -0.4 is 10.1 Å². The first kappa shape index (κ1) is 14.1. The topological polar surface area (TPSA) is 90.2 Å². The Morgan fingerprint density at radius 1 is 1.40 bits per heavy atom. The fourth-order valence-electron chi connectivity index (χ4n) is 1.56. The second kappa shape index (κ2) is 6.20. The summed E-state index contributed by atoms with van der Waals surface area (Å²) >= 11 is 1.19. The fraction of sp³-hybridized carbons (Fsp3) is 0.167. The van der Waals surface area contributed by atoms with E-state index in [0.717, 1.165) is 4.90 Å². The molecular formula is C12H12N4O3S. The molecule has 0 saturated heterocycles. The highest BCUT2D eigenvalue weighted by Crippen LogP contribution is 2.37. The van der Waals surface area contributed by atoms with Crippen molar-refractivity contribution < 1.29 is 9.66 Å². The molecule has 1 aromatic heterocycles. The summed E-state index contributed by atoms with van der Waals surface area (Å²) in [7, 11) is 3.14. The van der Waals surface area contributed by atoms with Crippen molar-refractivity contribution in [2.24, 2.45) is 0 Å². The van der Waals surface area contributed by atoms with Crippen molar-refractivity contribution in [3.8, 4) is 5.75 Å². The second-order valence-corrected chi connectivity index (χ2v) is 4.73. The van der Waals surface area contributed by atoms with Crippen LogP contribution in [0.3, 0.4) is 0 Å². The predicted molar refractivity (Wildman–Crippen MR) is 75.4 cm³/mol. The number of hydrogen-bond acceptors (Lipinski definition) is 7. The number of ether oxygens (including phenoxy) is 1. The largest absolute Gasteiger partial charge is 0.497 e. The molecule has 2 rings (SSSR count). The van der Waals surface area contributed by atoms with Gasteiger partial charge in [-0.05, 0) is 18.2 Å². The van der Waals surface area contributed by atoms with Gasteiger partial charge in [-0.25, -0.2) is 9.97 Å². The maximum absolute atomic E-state index is 11.2. The Kier molecular flexibility index (Phi) is 4.36. The van der Waals surface area contributed by atoms with Crippen LogP contribution in [-0.4, -0.2) is 29.0 Å². The van der Waals surface area contributed by atoms with Gasteiger partial charge in [0.15, 0.2) is 5.03 Å². The molecule has 0 fully saturated rings. The first-order valence-electron chi connectivity index (χ1n) is 5.64. The highest BCUT2D eigenvalue weighted by molar-refractivity contribution is 7.99. The molecule has 8 heteroatoms. The highest BCUT2D eigenvalue weighted by atomic mass is 32.2. The van der Waals surface area contributed by atoms with Gasteiger partial charge >= 0.3 is 5.69 Å². The Labute approximate surface area is 119 Å². The molecule has 0 aliphatic heterocycles. The van der Waals surface area contributed by atoms with Crippen LogP contribution in [0.4, 0.5) is 11.5 Å². The summed E-state index contributed by atoms with van der Waals surface area (Å²) in [5.41, 5.74) is -0.136. The van der Waals surface area contributed by atoms with E-state index in [4.69, 9.17) is 4.74 Å². The molecule has 104 valence electrons. The van der Waals surface area contributed by atoms with E-state index in [1.54, 1.807) is 26.3 Å². The van der Waals surface area contributed by atoms with E-state index in [1.165, 1.54) is 18.1 Å². The number of nitrogens with one attached hydrogen (secondary N) is 1. The van der Waals surface area contributed by atoms with Gasteiger partial charge in [-0.2, -0.15) is 0 Å². The molecule has 0 radical (unpaired) electrons. The Balaban J connectivity index is 2.40. The van der Waals surface area contributed by atoms with E-state index >= 15 is 0 Å². The molecule has 0 aliphatic carbocycles. The van der Waals surface area contributed by atoms with E-state index in [0.29, 0.717) is 5.75 Å². The van der Waals surface area contributed by atoms with Crippen LogP contribution in [0.5, 0.6) is 5.75 Å². The van der Waals surface area contributed by atoms with Crippen LogP contribution in [0, 0.1) is 10.1 Å². The molecule has 0 aliphatic rings. The number of anilines is 1. The van der Waals surface area contributed by atoms with Gasteiger partial charge in [0.25, 0.3) is 0 Å². The van der Waals surface area contributed by atoms with Crippen molar-refractivity contribution in [2.45, 2.75) is 9.92 Å². The van der Waals surface area contributed by atoms with Gasteiger partial charge in [0, 0.05) is 11.9 Å². The summed E-state index contributed by atoms with van der Waals surface area (Å²) in [4.78, 5) is 19.3. The third-order valence-electron chi connectivity index (χ3n) is 2.46. The molecule has 1 aromatic carbocycles. The van der Waals surface area contributed by atoms with Gasteiger partial charge in [0.2, 0.25) is 5.82 Å². The molecule has 20 heavy (non-hydrogen) atoms. The van der Waals surface area contributed by atoms with Gasteiger partial charge in [-0.1, -0.05) is 17.8 Å². The van der Waals surface area contributed by atoms with Crippen molar-refractivity contribution in [1.29, 1.82) is 0 Å². The lowest BCUT2D eigenvalue weighted by molar-refractivity contribution is -0.387. The van der Waals surface area contributed by atoms with E-state index < -0.39 is 4.92 Å². The lowest BCUT2D eigenvalue weighted by Gasteiger charge is -2.06. The summed E-state index contributed by atoms with van der Waals surface area (Å²) in [5, 5.41) is 14.1. The minimum absolute atomic E-state index is 0.136. The van der Waals surface area contributed by atoms with Crippen LogP contribution in [0.25, 0.3) is 0 Å². The van der Waals surface area contributed by atoms with Crippen molar-refractivity contribution in [2.75, 3.05) is 19.5 Å². The summed E-state index contributed by atoms with van der Waals surface area (Å²) in [6.45, 7) is 0. The molecule has 2 aromatic rings. The minimum Gasteiger partial charge on any atom is -0.497 e. The van der Waals surface area contributed by atoms with E-state index in [1.807, 2.05) is 12.1 Å². The fourth-order valence-corrected chi connectivity index (χ4v) is 2.47. The monoisotopic (exact) mass is 292 g/mol. The summed E-state index contributed by atoms with van der Waals surface area (Å²) in [6, 6.07) is 7.23. The number of rotatable bonds is 5. The zero-order chi connectivity index (χ0) is 14.5. The van der Waals surface area contributed by atoms with Crippen LogP contribution in [-0.2, 0) is 0 Å². The Morgan fingerprint density at radius 3 is 2.85 bits per heavy atom. The quantitative estimate of drug-likeness (QED) is 0.514. The standard InChI is InChI=1S/C12H12N4O3S/c1-13-11-10(16(17)18)12(15-7-14-11)20-9-5-3-4-8(6-9)19-2/h3-7H,1-2H3,(H,13,14,15). The van der Waals surface area contributed by atoms with Gasteiger partial charge in [-0.15, -0.1) is 0 Å². The molecule has 0 bridgehead atoms. The van der Waals surface area contributed by atoms with Crippen LogP contribution in [0.15, 0.2) is 40.5 Å². The van der Waals surface area contributed by atoms with Crippen molar-refractivity contribution in [1.82, 2.24) is 9.97 Å². The van der Waals surface area contributed by atoms with Gasteiger partial charge in [0.1, 0.15) is 12.1 Å². The number of nitrogens with zero attached hydrogens (tertiary/aromatic N) is 3. The number of nitro groups is 1. The maximum Gasteiger partial charge on any atom is 0.343 e. The molecule has 1 N–H and O–H groups in total. The third-order valence-corrected chi connectivity index (χ3v) is 3.45. The van der Waals surface area contributed by atoms with Crippen LogP contribution in [0.1, 0.15) is 0 Å². The molecule has 0 saturated carbocycles. The number of hydrogen-bond donors (Lipinski definition) is 1. The first-order valence-corrected chi connectivity index (χ1v) is 6.46. The molecular weight excluding hydrogens is 280 g/mol. The molecule has 0 amide bonds. The molecule has 0 atom stereocenters. The SMILES string of the molecule is CNc1ncnc(Sc2cccc(OC)c2)c1[N+](=O)[O-]. The average Bonchev–Trinajstić information content (AvgIpc) is 2.46. The Morgan fingerprint density at radius 2 is 2.20 bits per heavy atom. The van der Waals surface area contributed by atoms with Gasteiger partial charge in [-0.3, -0.25) is 10.1 Å². The molecule has 1 heterocycles. The lowest BCUT2D eigenvalue weighted by Crippen LogP contribution is -2.02. The van der Waals surface area contributed by atoms with Crippen molar-refractivity contribution in [3.05, 3.63) is 40.7 Å². The number of benzene rings is 1. The first-order chi connectivity index (χ1) is 9.65. The second-order valence-electron chi connectivity index (χ2n) is 3.66. The summed E-state index contributed by atoms with van der Waals surface area (Å²) < 4.78 is 5.12. The number of methoxy groups -OCH3 is 1. The summed E-state index contributed by atoms with van der Waals surface area (Å²) in [5.74, 6) is 0.871. The molecule has 0 unspecified atom stereocenters. The van der Waals surface area contributed by atoms with E-state index in [-0.39, 0.29) is 16.5 Å². The van der Waals surface area contributed by atoms with Crippen LogP contribution in [0.2, 0.25) is 0 Å². The highest BCUT2D eigenvalue weighted by Gasteiger charge is 2.22. The van der Waals surface area contributed by atoms with Crippen molar-refractivity contribution in [3.63, 3.8) is 0 Å². The Hall–Kier alpha value is -2.35. The number of aromatic nitrogens is 2. The van der Waals surface area contributed by atoms with E-state index in [9.17, 15) is 10.1 Å². The third kappa shape index (κ3) is 2.97. The maximum atomic E-state index is 11.2. The Bertz CT molecular complexity index is 636. The van der Waals surface area contributed by atoms with Crippen molar-refractivity contribution >= 4 is 23.3 Å². The minimum atomic E-state index is -0.492. The lowest BCUT2D eigenvalue weighted by atomic mass is 10.3. The van der Waals surface area contributed by atoms with Gasteiger partial charge in [0.05, 0.1) is 12.0 Å². The predicted octanol–water partition coefficient (Wildman–Crippen LogP) is 2.59. The van der Waals surface area contributed by atoms with Gasteiger partial charge < -0.3 is 10.1 Å². The van der Waals surface area contributed by atoms with E-state index in [2.05, 4.69) is 15.3 Å². The summed E-state index contributed by atoms with van der Waals surface area (Å²) in [6.07, 6.45) is 1.29. The zero-order valence-electron chi connectivity index (χ0n) is 10.9. The van der Waals surface area contributed by atoms with Crippen LogP contribution >= 0.6 is 11.8 Å². The zero-order valence-corrected chi connectivity index (χ0v) is 11.7. The molecule has 0 spiro atoms. The molecule has 7 nitrogen and oxygen atoms in total. The average molecular weight is 292 g/mol. The smallest absolute Gasteiger partial charge is 0.343 e.